The highest BCUT2D eigenvalue weighted by atomic mass is 32.1. The van der Waals surface area contributed by atoms with E-state index in [-0.39, 0.29) is 23.5 Å². The molecule has 0 atom stereocenters. The van der Waals surface area contributed by atoms with Crippen molar-refractivity contribution in [3.8, 4) is 0 Å². The molecule has 0 aliphatic carbocycles. The van der Waals surface area contributed by atoms with E-state index in [2.05, 4.69) is 4.99 Å². The van der Waals surface area contributed by atoms with Crippen molar-refractivity contribution in [2.24, 2.45) is 4.99 Å². The molecule has 0 N–H and O–H groups in total. The van der Waals surface area contributed by atoms with E-state index in [4.69, 9.17) is 4.74 Å². The monoisotopic (exact) mass is 501 g/mol. The van der Waals surface area contributed by atoms with E-state index >= 15 is 0 Å². The number of ether oxygens (including phenoxy) is 1. The van der Waals surface area contributed by atoms with Crippen LogP contribution in [0.15, 0.2) is 101 Å². The van der Waals surface area contributed by atoms with Crippen LogP contribution in [0.25, 0.3) is 5.57 Å². The zero-order valence-corrected chi connectivity index (χ0v) is 20.1. The van der Waals surface area contributed by atoms with Gasteiger partial charge in [-0.05, 0) is 52.2 Å². The Kier molecular flexibility index (Phi) is 7.92. The van der Waals surface area contributed by atoms with Crippen LogP contribution in [-0.2, 0) is 9.53 Å². The number of para-hydroxylation sites is 1. The predicted molar refractivity (Wildman–Crippen MR) is 138 cm³/mol. The maximum Gasteiger partial charge on any atom is 0.352 e. The summed E-state index contributed by atoms with van der Waals surface area (Å²) in [5, 5.41) is 3.67. The first kappa shape index (κ1) is 24.9. The minimum atomic E-state index is -0.720. The standard InChI is InChI=1S/C29H21F2NO3S/c1-35-29(34)27(32-26-10-6-5-9-24(26)28(33)19-7-3-2-4-8-19)14-13-22(20-15-16-36-18-20)23-12-11-21(30)17-25(23)31/h2-13,15-18H,14H2,1H3. The zero-order valence-electron chi connectivity index (χ0n) is 19.3. The molecule has 0 amide bonds. The molecule has 0 saturated carbocycles. The minimum absolute atomic E-state index is 0.0114. The van der Waals surface area contributed by atoms with Gasteiger partial charge in [-0.2, -0.15) is 11.3 Å². The molecule has 0 unspecified atom stereocenters. The second kappa shape index (κ2) is 11.5. The number of carbonyl (C=O) groups is 2. The maximum atomic E-state index is 14.7. The number of benzene rings is 3. The van der Waals surface area contributed by atoms with Gasteiger partial charge in [0.15, 0.2) is 5.78 Å². The molecule has 0 saturated heterocycles. The number of nitrogens with zero attached hydrogens (tertiary/aromatic N) is 1. The molecule has 0 bridgehead atoms. The van der Waals surface area contributed by atoms with Gasteiger partial charge < -0.3 is 4.74 Å². The molecular weight excluding hydrogens is 480 g/mol. The number of ketones is 1. The Morgan fingerprint density at radius 3 is 2.36 bits per heavy atom. The maximum absolute atomic E-state index is 14.7. The Labute approximate surface area is 211 Å². The summed E-state index contributed by atoms with van der Waals surface area (Å²) in [5.41, 5.74) is 2.56. The van der Waals surface area contributed by atoms with Crippen molar-refractivity contribution in [3.63, 3.8) is 0 Å². The van der Waals surface area contributed by atoms with Crippen LogP contribution in [0.5, 0.6) is 0 Å². The first-order valence-corrected chi connectivity index (χ1v) is 11.9. The largest absolute Gasteiger partial charge is 0.465 e. The smallest absolute Gasteiger partial charge is 0.352 e. The minimum Gasteiger partial charge on any atom is -0.465 e. The summed E-state index contributed by atoms with van der Waals surface area (Å²) < 4.78 is 33.1. The highest BCUT2D eigenvalue weighted by Crippen LogP contribution is 2.29. The predicted octanol–water partition coefficient (Wildman–Crippen LogP) is 7.02. The second-order valence-corrected chi connectivity index (χ2v) is 8.50. The van der Waals surface area contributed by atoms with Crippen molar-refractivity contribution in [2.45, 2.75) is 6.42 Å². The van der Waals surface area contributed by atoms with E-state index in [1.807, 2.05) is 22.9 Å². The average Bonchev–Trinajstić information content (AvgIpc) is 3.44. The summed E-state index contributed by atoms with van der Waals surface area (Å²) in [6, 6.07) is 20.6. The lowest BCUT2D eigenvalue weighted by molar-refractivity contribution is -0.132. The quantitative estimate of drug-likeness (QED) is 0.148. The summed E-state index contributed by atoms with van der Waals surface area (Å²) in [4.78, 5) is 30.2. The number of esters is 1. The van der Waals surface area contributed by atoms with Crippen molar-refractivity contribution >= 4 is 40.1 Å². The van der Waals surface area contributed by atoms with Crippen molar-refractivity contribution in [2.75, 3.05) is 7.11 Å². The van der Waals surface area contributed by atoms with E-state index in [1.165, 1.54) is 30.6 Å². The molecule has 4 aromatic rings. The summed E-state index contributed by atoms with van der Waals surface area (Å²) in [6.07, 6.45) is 1.64. The molecule has 4 rings (SSSR count). The van der Waals surface area contributed by atoms with Crippen LogP contribution in [-0.4, -0.2) is 24.6 Å². The molecule has 0 fully saturated rings. The van der Waals surface area contributed by atoms with Crippen LogP contribution in [0.1, 0.15) is 33.5 Å². The average molecular weight is 502 g/mol. The number of rotatable bonds is 8. The molecule has 7 heteroatoms. The van der Waals surface area contributed by atoms with E-state index in [9.17, 15) is 18.4 Å². The number of aliphatic imine (C=N–C) groups is 1. The van der Waals surface area contributed by atoms with Crippen LogP contribution >= 0.6 is 11.3 Å². The topological polar surface area (TPSA) is 55.7 Å². The normalized spacial score (nSPS) is 11.9. The number of hydrogen-bond acceptors (Lipinski definition) is 5. The Morgan fingerprint density at radius 2 is 1.67 bits per heavy atom. The molecule has 0 aliphatic rings. The fraction of sp³-hybridized carbons (Fsp3) is 0.0690. The summed E-state index contributed by atoms with van der Waals surface area (Å²) in [6.45, 7) is 0. The van der Waals surface area contributed by atoms with Crippen molar-refractivity contribution < 1.29 is 23.1 Å². The molecule has 0 spiro atoms. The lowest BCUT2D eigenvalue weighted by Gasteiger charge is -2.10. The Bertz CT molecular complexity index is 1440. The van der Waals surface area contributed by atoms with Gasteiger partial charge in [0.1, 0.15) is 17.3 Å². The van der Waals surface area contributed by atoms with Gasteiger partial charge in [-0.1, -0.05) is 48.5 Å². The highest BCUT2D eigenvalue weighted by molar-refractivity contribution is 7.08. The third-order valence-corrected chi connectivity index (χ3v) is 6.10. The van der Waals surface area contributed by atoms with Gasteiger partial charge in [-0.15, -0.1) is 0 Å². The van der Waals surface area contributed by atoms with Gasteiger partial charge in [-0.25, -0.2) is 18.6 Å². The number of carbonyl (C=O) groups excluding carboxylic acids is 2. The fourth-order valence-electron chi connectivity index (χ4n) is 3.65. The van der Waals surface area contributed by atoms with Crippen molar-refractivity contribution in [3.05, 3.63) is 130 Å². The fourth-order valence-corrected chi connectivity index (χ4v) is 4.31. The zero-order chi connectivity index (χ0) is 25.5. The van der Waals surface area contributed by atoms with E-state index in [0.717, 1.165) is 11.6 Å². The summed E-state index contributed by atoms with van der Waals surface area (Å²) >= 11 is 1.43. The Hall–Kier alpha value is -4.23. The van der Waals surface area contributed by atoms with Crippen molar-refractivity contribution in [1.82, 2.24) is 0 Å². The molecule has 1 heterocycles. The number of methoxy groups -OCH3 is 1. The van der Waals surface area contributed by atoms with E-state index < -0.39 is 17.6 Å². The number of thiophene rings is 1. The lowest BCUT2D eigenvalue weighted by atomic mass is 9.97. The highest BCUT2D eigenvalue weighted by Gasteiger charge is 2.18. The van der Waals surface area contributed by atoms with Gasteiger partial charge in [0.05, 0.1) is 12.8 Å². The Balaban J connectivity index is 1.76. The van der Waals surface area contributed by atoms with Crippen molar-refractivity contribution in [1.29, 1.82) is 0 Å². The van der Waals surface area contributed by atoms with Gasteiger partial charge in [0, 0.05) is 29.2 Å². The number of halogens is 2. The molecule has 0 radical (unpaired) electrons. The second-order valence-electron chi connectivity index (χ2n) is 7.72. The molecule has 4 nitrogen and oxygen atoms in total. The molecular formula is C29H21F2NO3S. The van der Waals surface area contributed by atoms with E-state index in [0.29, 0.717) is 22.4 Å². The van der Waals surface area contributed by atoms with Crippen LogP contribution in [0.4, 0.5) is 14.5 Å². The number of allylic oxidation sites excluding steroid dienone is 1. The molecule has 180 valence electrons. The Morgan fingerprint density at radius 1 is 0.917 bits per heavy atom. The first-order valence-electron chi connectivity index (χ1n) is 11.0. The molecule has 3 aromatic carbocycles. The van der Waals surface area contributed by atoms with Gasteiger partial charge in [0.25, 0.3) is 0 Å². The number of hydrogen-bond donors (Lipinski definition) is 0. The van der Waals surface area contributed by atoms with Crippen LogP contribution < -0.4 is 0 Å². The first-order chi connectivity index (χ1) is 17.5. The van der Waals surface area contributed by atoms with Gasteiger partial charge in [0.2, 0.25) is 0 Å². The summed E-state index contributed by atoms with van der Waals surface area (Å²) in [7, 11) is 1.24. The van der Waals surface area contributed by atoms with Gasteiger partial charge in [-0.3, -0.25) is 4.79 Å². The molecule has 1 aromatic heterocycles. The van der Waals surface area contributed by atoms with Crippen LogP contribution in [0.3, 0.4) is 0 Å². The van der Waals surface area contributed by atoms with Crippen LogP contribution in [0, 0.1) is 11.6 Å². The van der Waals surface area contributed by atoms with Crippen LogP contribution in [0.2, 0.25) is 0 Å². The van der Waals surface area contributed by atoms with E-state index in [1.54, 1.807) is 54.6 Å². The third kappa shape index (κ3) is 5.70. The SMILES string of the molecule is COC(=O)C(CC=C(c1ccsc1)c1ccc(F)cc1F)=Nc1ccccc1C(=O)c1ccccc1. The lowest BCUT2D eigenvalue weighted by Crippen LogP contribution is -2.15. The molecule has 0 aliphatic heterocycles. The van der Waals surface area contributed by atoms with Gasteiger partial charge >= 0.3 is 5.97 Å². The molecule has 36 heavy (non-hydrogen) atoms. The third-order valence-electron chi connectivity index (χ3n) is 5.41. The summed E-state index contributed by atoms with van der Waals surface area (Å²) in [5.74, 6) is -2.32.